The van der Waals surface area contributed by atoms with Gasteiger partial charge in [-0.15, -0.1) is 0 Å². The molecule has 0 spiro atoms. The van der Waals surface area contributed by atoms with Gasteiger partial charge >= 0.3 is 0 Å². The van der Waals surface area contributed by atoms with Gasteiger partial charge in [0.1, 0.15) is 0 Å². The molecule has 1 heterocycles. The van der Waals surface area contributed by atoms with Crippen molar-refractivity contribution in [3.8, 4) is 0 Å². The second-order valence-corrected chi connectivity index (χ2v) is 2.96. The van der Waals surface area contributed by atoms with Gasteiger partial charge in [-0.05, 0) is 11.6 Å². The van der Waals surface area contributed by atoms with E-state index in [4.69, 9.17) is 5.53 Å². The smallest absolute Gasteiger partial charge is 0.0954 e. The molecule has 0 fully saturated rings. The van der Waals surface area contributed by atoms with Crippen LogP contribution < -0.4 is 0 Å². The highest BCUT2D eigenvalue weighted by molar-refractivity contribution is 5.84. The lowest BCUT2D eigenvalue weighted by atomic mass is 10.2. The van der Waals surface area contributed by atoms with E-state index in [9.17, 15) is 0 Å². The van der Waals surface area contributed by atoms with Crippen LogP contribution in [-0.2, 0) is 0 Å². The van der Waals surface area contributed by atoms with Gasteiger partial charge in [-0.25, -0.2) is 4.98 Å². The van der Waals surface area contributed by atoms with Gasteiger partial charge in [0.2, 0.25) is 0 Å². The van der Waals surface area contributed by atoms with E-state index in [1.54, 1.807) is 6.33 Å². The molecule has 0 saturated carbocycles. The molecule has 0 aliphatic rings. The third-order valence-corrected chi connectivity index (χ3v) is 2.03. The first-order chi connectivity index (χ1) is 7.42. The molecule has 2 aromatic rings. The van der Waals surface area contributed by atoms with Gasteiger partial charge in [-0.1, -0.05) is 29.4 Å². The van der Waals surface area contributed by atoms with Gasteiger partial charge in [0.25, 0.3) is 0 Å². The topological polar surface area (TPSA) is 77.4 Å². The molecule has 1 aromatic heterocycles. The van der Waals surface area contributed by atoms with Crippen LogP contribution in [0.15, 0.2) is 35.7 Å². The van der Waals surface area contributed by atoms with Gasteiger partial charge in [0.05, 0.1) is 17.4 Å². The highest BCUT2D eigenvalue weighted by Crippen LogP contribution is 2.15. The Balaban J connectivity index is 2.31. The van der Waals surface area contributed by atoms with Gasteiger partial charge < -0.3 is 4.98 Å². The molecule has 74 valence electrons. The Morgan fingerprint density at radius 3 is 3.33 bits per heavy atom. The van der Waals surface area contributed by atoms with Crippen LogP contribution in [0.2, 0.25) is 0 Å². The maximum atomic E-state index is 8.11. The van der Waals surface area contributed by atoms with Crippen LogP contribution in [0, 0.1) is 0 Å². The number of para-hydroxylation sites is 1. The third kappa shape index (κ3) is 1.98. The van der Waals surface area contributed by atoms with Gasteiger partial charge in [0.15, 0.2) is 0 Å². The van der Waals surface area contributed by atoms with E-state index >= 15 is 0 Å². The summed E-state index contributed by atoms with van der Waals surface area (Å²) in [7, 11) is 0. The Bertz CT molecular complexity index is 533. The zero-order valence-electron chi connectivity index (χ0n) is 7.96. The number of nitrogens with one attached hydrogen (secondary N) is 1. The minimum Gasteiger partial charge on any atom is -0.345 e. The molecule has 0 unspecified atom stereocenters. The number of hydrogen-bond acceptors (Lipinski definition) is 2. The number of fused-ring (bicyclic) bond motifs is 1. The normalized spacial score (nSPS) is 10.7. The van der Waals surface area contributed by atoms with E-state index in [1.807, 2.05) is 30.4 Å². The maximum absolute atomic E-state index is 8.11. The molecule has 0 bridgehead atoms. The first-order valence-electron chi connectivity index (χ1n) is 4.51. The highest BCUT2D eigenvalue weighted by atomic mass is 15.1. The molecular weight excluding hydrogens is 190 g/mol. The van der Waals surface area contributed by atoms with Crippen LogP contribution >= 0.6 is 0 Å². The summed E-state index contributed by atoms with van der Waals surface area (Å²) < 4.78 is 0. The summed E-state index contributed by atoms with van der Waals surface area (Å²) in [4.78, 5) is 9.91. The molecule has 1 N–H and O–H groups in total. The molecule has 0 atom stereocenters. The number of H-pyrrole nitrogens is 1. The number of imidazole rings is 1. The van der Waals surface area contributed by atoms with Crippen LogP contribution in [0.5, 0.6) is 0 Å². The molecule has 1 aromatic carbocycles. The molecule has 0 aliphatic heterocycles. The average Bonchev–Trinajstić information content (AvgIpc) is 2.73. The van der Waals surface area contributed by atoms with Crippen molar-refractivity contribution in [1.29, 1.82) is 0 Å². The van der Waals surface area contributed by atoms with Crippen LogP contribution in [0.3, 0.4) is 0 Å². The predicted octanol–water partition coefficient (Wildman–Crippen LogP) is 2.89. The Morgan fingerprint density at radius 2 is 2.47 bits per heavy atom. The summed E-state index contributed by atoms with van der Waals surface area (Å²) in [6.07, 6.45) is 5.37. The fourth-order valence-electron chi connectivity index (χ4n) is 1.39. The van der Waals surface area contributed by atoms with Gasteiger partial charge in [-0.2, -0.15) is 0 Å². The Kier molecular flexibility index (Phi) is 2.67. The van der Waals surface area contributed by atoms with Gasteiger partial charge in [-0.3, -0.25) is 0 Å². The number of nitrogens with zero attached hydrogens (tertiary/aromatic N) is 4. The molecule has 0 radical (unpaired) electrons. The van der Waals surface area contributed by atoms with Crippen LogP contribution in [0.4, 0.5) is 0 Å². The molecule has 0 amide bonds. The first kappa shape index (κ1) is 9.30. The van der Waals surface area contributed by atoms with E-state index in [1.165, 1.54) is 0 Å². The summed E-state index contributed by atoms with van der Waals surface area (Å²) in [6, 6.07) is 5.89. The Hall–Kier alpha value is -2.26. The third-order valence-electron chi connectivity index (χ3n) is 2.03. The summed E-state index contributed by atoms with van der Waals surface area (Å²) in [5.41, 5.74) is 11.1. The van der Waals surface area contributed by atoms with E-state index in [2.05, 4.69) is 20.0 Å². The lowest BCUT2D eigenvalue weighted by molar-refractivity contribution is 1.22. The second kappa shape index (κ2) is 4.30. The standard InChI is InChI=1S/C10H9N5/c11-15-14-6-2-4-8-3-1-5-9-10(8)13-7-12-9/h1-5,7H,6H2,(H,12,13). The predicted molar refractivity (Wildman–Crippen MR) is 59.1 cm³/mol. The molecular formula is C10H9N5. The average molecular weight is 199 g/mol. The SMILES string of the molecule is [N-]=[N+]=NCC=Cc1cccc2[nH]cnc12. The number of rotatable bonds is 3. The minimum atomic E-state index is 0.358. The molecule has 0 aliphatic carbocycles. The van der Waals surface area contributed by atoms with E-state index in [0.717, 1.165) is 16.6 Å². The van der Waals surface area contributed by atoms with E-state index in [-0.39, 0.29) is 0 Å². The first-order valence-corrected chi connectivity index (χ1v) is 4.51. The zero-order valence-corrected chi connectivity index (χ0v) is 7.96. The lowest BCUT2D eigenvalue weighted by Gasteiger charge is -1.93. The number of benzene rings is 1. The van der Waals surface area contributed by atoms with Crippen molar-refractivity contribution >= 4 is 17.1 Å². The summed E-state index contributed by atoms with van der Waals surface area (Å²) in [5, 5.41) is 3.42. The summed E-state index contributed by atoms with van der Waals surface area (Å²) in [5.74, 6) is 0. The van der Waals surface area contributed by atoms with Crippen molar-refractivity contribution in [2.75, 3.05) is 6.54 Å². The van der Waals surface area contributed by atoms with Crippen molar-refractivity contribution < 1.29 is 0 Å². The quantitative estimate of drug-likeness (QED) is 0.460. The van der Waals surface area contributed by atoms with Crippen LogP contribution in [0.1, 0.15) is 5.56 Å². The summed E-state index contributed by atoms with van der Waals surface area (Å²) in [6.45, 7) is 0.358. The van der Waals surface area contributed by atoms with Crippen molar-refractivity contribution in [1.82, 2.24) is 9.97 Å². The number of aromatic amines is 1. The van der Waals surface area contributed by atoms with E-state index in [0.29, 0.717) is 6.54 Å². The molecule has 15 heavy (non-hydrogen) atoms. The fraction of sp³-hybridized carbons (Fsp3) is 0.100. The fourth-order valence-corrected chi connectivity index (χ4v) is 1.39. The number of aromatic nitrogens is 2. The lowest BCUT2D eigenvalue weighted by Crippen LogP contribution is -1.77. The molecule has 5 nitrogen and oxygen atoms in total. The van der Waals surface area contributed by atoms with Crippen molar-refractivity contribution in [2.45, 2.75) is 0 Å². The highest BCUT2D eigenvalue weighted by Gasteiger charge is 1.98. The van der Waals surface area contributed by atoms with Crippen molar-refractivity contribution in [3.63, 3.8) is 0 Å². The monoisotopic (exact) mass is 199 g/mol. The van der Waals surface area contributed by atoms with Gasteiger partial charge in [0, 0.05) is 17.0 Å². The van der Waals surface area contributed by atoms with E-state index < -0.39 is 0 Å². The van der Waals surface area contributed by atoms with Crippen LogP contribution in [-0.4, -0.2) is 16.5 Å². The number of hydrogen-bond donors (Lipinski definition) is 1. The minimum absolute atomic E-state index is 0.358. The number of azide groups is 1. The Morgan fingerprint density at radius 1 is 1.53 bits per heavy atom. The molecule has 5 heteroatoms. The zero-order chi connectivity index (χ0) is 10.5. The van der Waals surface area contributed by atoms with Crippen molar-refractivity contribution in [2.24, 2.45) is 5.11 Å². The largest absolute Gasteiger partial charge is 0.345 e. The second-order valence-electron chi connectivity index (χ2n) is 2.96. The maximum Gasteiger partial charge on any atom is 0.0954 e. The molecule has 0 saturated heterocycles. The van der Waals surface area contributed by atoms with Crippen LogP contribution in [0.25, 0.3) is 27.6 Å². The summed E-state index contributed by atoms with van der Waals surface area (Å²) >= 11 is 0. The Labute approximate surface area is 86.1 Å². The van der Waals surface area contributed by atoms with Crippen molar-refractivity contribution in [3.05, 3.63) is 46.6 Å². The molecule has 2 rings (SSSR count).